The molecule has 174 valence electrons. The Balaban J connectivity index is 1.96. The van der Waals surface area contributed by atoms with Crippen LogP contribution in [-0.4, -0.2) is 33.4 Å². The highest BCUT2D eigenvalue weighted by atomic mass is 32.2. The minimum Gasteiger partial charge on any atom is -0.494 e. The largest absolute Gasteiger partial charge is 0.494 e. The topological polar surface area (TPSA) is 75.7 Å². The summed E-state index contributed by atoms with van der Waals surface area (Å²) in [5.74, 6) is -0.325. The number of anilines is 2. The van der Waals surface area contributed by atoms with E-state index in [1.54, 1.807) is 18.2 Å². The number of thioether (sulfide) groups is 1. The third kappa shape index (κ3) is 6.27. The standard InChI is InChI=1S/C24H25FN2O4S2/c1-4-31-22-14-9-17(24(28)26-21-7-5-6-8-23(21)32-2)15-18(22)16-27(33(3,29)30)20-12-10-19(25)11-13-20/h5-15H,4,16H2,1-3H3,(H,26,28). The van der Waals surface area contributed by atoms with E-state index >= 15 is 0 Å². The summed E-state index contributed by atoms with van der Waals surface area (Å²) >= 11 is 1.52. The minimum atomic E-state index is -3.70. The van der Waals surface area contributed by atoms with Gasteiger partial charge in [-0.15, -0.1) is 11.8 Å². The lowest BCUT2D eigenvalue weighted by Crippen LogP contribution is -2.29. The maximum absolute atomic E-state index is 13.4. The second-order valence-electron chi connectivity index (χ2n) is 7.16. The van der Waals surface area contributed by atoms with Crippen molar-refractivity contribution in [3.05, 3.63) is 83.7 Å². The van der Waals surface area contributed by atoms with E-state index in [0.717, 1.165) is 15.5 Å². The third-order valence-corrected chi connectivity index (χ3v) is 6.74. The second kappa shape index (κ2) is 10.7. The van der Waals surface area contributed by atoms with Crippen LogP contribution in [0.3, 0.4) is 0 Å². The number of carbonyl (C=O) groups excluding carboxylic acids is 1. The Bertz CT molecular complexity index is 1230. The predicted molar refractivity (Wildman–Crippen MR) is 131 cm³/mol. The van der Waals surface area contributed by atoms with E-state index in [1.165, 1.54) is 36.0 Å². The summed E-state index contributed by atoms with van der Waals surface area (Å²) < 4.78 is 45.3. The van der Waals surface area contributed by atoms with Gasteiger partial charge in [-0.05, 0) is 67.8 Å². The third-order valence-electron chi connectivity index (χ3n) is 4.81. The Morgan fingerprint density at radius 2 is 1.79 bits per heavy atom. The van der Waals surface area contributed by atoms with Crippen LogP contribution in [-0.2, 0) is 16.6 Å². The summed E-state index contributed by atoms with van der Waals surface area (Å²) in [4.78, 5) is 13.9. The molecule has 0 heterocycles. The molecule has 33 heavy (non-hydrogen) atoms. The average Bonchev–Trinajstić information content (AvgIpc) is 2.79. The summed E-state index contributed by atoms with van der Waals surface area (Å²) in [6.07, 6.45) is 3.00. The Hall–Kier alpha value is -3.04. The van der Waals surface area contributed by atoms with Gasteiger partial charge in [0.2, 0.25) is 10.0 Å². The van der Waals surface area contributed by atoms with Crippen molar-refractivity contribution < 1.29 is 22.3 Å². The number of hydrogen-bond acceptors (Lipinski definition) is 5. The van der Waals surface area contributed by atoms with Gasteiger partial charge in [-0.3, -0.25) is 9.10 Å². The molecule has 0 atom stereocenters. The zero-order chi connectivity index (χ0) is 24.0. The molecule has 3 aromatic carbocycles. The van der Waals surface area contributed by atoms with E-state index in [0.29, 0.717) is 34.9 Å². The summed E-state index contributed by atoms with van der Waals surface area (Å²) in [5, 5.41) is 2.90. The van der Waals surface area contributed by atoms with E-state index in [1.807, 2.05) is 37.4 Å². The number of rotatable bonds is 9. The first-order valence-electron chi connectivity index (χ1n) is 10.2. The predicted octanol–water partition coefficient (Wildman–Crippen LogP) is 5.16. The number of para-hydroxylation sites is 1. The highest BCUT2D eigenvalue weighted by Crippen LogP contribution is 2.29. The SMILES string of the molecule is CCOc1ccc(C(=O)Nc2ccccc2SC)cc1CN(c1ccc(F)cc1)S(C)(=O)=O. The van der Waals surface area contributed by atoms with Gasteiger partial charge in [0.25, 0.3) is 5.91 Å². The molecule has 0 aliphatic rings. The fraction of sp³-hybridized carbons (Fsp3) is 0.208. The Labute approximate surface area is 197 Å². The molecule has 0 aromatic heterocycles. The molecule has 9 heteroatoms. The fourth-order valence-electron chi connectivity index (χ4n) is 3.25. The molecule has 0 fully saturated rings. The first-order valence-corrected chi connectivity index (χ1v) is 13.2. The van der Waals surface area contributed by atoms with Gasteiger partial charge in [-0.25, -0.2) is 12.8 Å². The van der Waals surface area contributed by atoms with Crippen molar-refractivity contribution in [1.29, 1.82) is 0 Å². The van der Waals surface area contributed by atoms with E-state index in [9.17, 15) is 17.6 Å². The first kappa shape index (κ1) is 24.6. The molecule has 0 radical (unpaired) electrons. The molecule has 0 unspecified atom stereocenters. The molecule has 0 bridgehead atoms. The van der Waals surface area contributed by atoms with Crippen LogP contribution < -0.4 is 14.4 Å². The van der Waals surface area contributed by atoms with Crippen molar-refractivity contribution in [3.63, 3.8) is 0 Å². The smallest absolute Gasteiger partial charge is 0.255 e. The van der Waals surface area contributed by atoms with E-state index in [2.05, 4.69) is 5.32 Å². The van der Waals surface area contributed by atoms with E-state index < -0.39 is 15.8 Å². The maximum atomic E-state index is 13.4. The van der Waals surface area contributed by atoms with Crippen molar-refractivity contribution in [1.82, 2.24) is 0 Å². The van der Waals surface area contributed by atoms with Gasteiger partial charge in [0.15, 0.2) is 0 Å². The van der Waals surface area contributed by atoms with Gasteiger partial charge < -0.3 is 10.1 Å². The Kier molecular flexibility index (Phi) is 7.99. The van der Waals surface area contributed by atoms with E-state index in [4.69, 9.17) is 4.74 Å². The summed E-state index contributed by atoms with van der Waals surface area (Å²) in [7, 11) is -3.70. The average molecular weight is 489 g/mol. The monoisotopic (exact) mass is 488 g/mol. The lowest BCUT2D eigenvalue weighted by molar-refractivity contribution is 0.102. The zero-order valence-corrected chi connectivity index (χ0v) is 20.2. The molecule has 0 saturated heterocycles. The van der Waals surface area contributed by atoms with Gasteiger partial charge in [-0.2, -0.15) is 0 Å². The molecule has 6 nitrogen and oxygen atoms in total. The highest BCUT2D eigenvalue weighted by molar-refractivity contribution is 7.98. The van der Waals surface area contributed by atoms with Crippen LogP contribution in [0.1, 0.15) is 22.8 Å². The lowest BCUT2D eigenvalue weighted by atomic mass is 10.1. The van der Waals surface area contributed by atoms with Crippen LogP contribution >= 0.6 is 11.8 Å². The van der Waals surface area contributed by atoms with Gasteiger partial charge in [0.1, 0.15) is 11.6 Å². The van der Waals surface area contributed by atoms with Crippen LogP contribution in [0, 0.1) is 5.82 Å². The molecule has 3 aromatic rings. The van der Waals surface area contributed by atoms with Gasteiger partial charge >= 0.3 is 0 Å². The van der Waals surface area contributed by atoms with Crippen LogP contribution in [0.15, 0.2) is 71.6 Å². The molecule has 3 rings (SSSR count). The number of benzene rings is 3. The number of hydrogen-bond donors (Lipinski definition) is 1. The number of ether oxygens (including phenoxy) is 1. The van der Waals surface area contributed by atoms with Crippen LogP contribution in [0.4, 0.5) is 15.8 Å². The molecule has 0 aliphatic heterocycles. The number of nitrogens with one attached hydrogen (secondary N) is 1. The number of carbonyl (C=O) groups is 1. The highest BCUT2D eigenvalue weighted by Gasteiger charge is 2.21. The molecule has 1 N–H and O–H groups in total. The molecule has 0 saturated carbocycles. The molecular weight excluding hydrogens is 463 g/mol. The van der Waals surface area contributed by atoms with Gasteiger partial charge in [0, 0.05) is 16.0 Å². The minimum absolute atomic E-state index is 0.0810. The van der Waals surface area contributed by atoms with Crippen molar-refractivity contribution in [3.8, 4) is 5.75 Å². The van der Waals surface area contributed by atoms with Crippen molar-refractivity contribution in [2.45, 2.75) is 18.4 Å². The molecule has 0 aliphatic carbocycles. The number of sulfonamides is 1. The molecule has 0 spiro atoms. The molecule has 1 amide bonds. The number of nitrogens with zero attached hydrogens (tertiary/aromatic N) is 1. The van der Waals surface area contributed by atoms with Crippen LogP contribution in [0.2, 0.25) is 0 Å². The van der Waals surface area contributed by atoms with Crippen molar-refractivity contribution in [2.24, 2.45) is 0 Å². The normalized spacial score (nSPS) is 11.2. The maximum Gasteiger partial charge on any atom is 0.255 e. The Morgan fingerprint density at radius 1 is 1.09 bits per heavy atom. The molecular formula is C24H25FN2O4S2. The van der Waals surface area contributed by atoms with Crippen LogP contribution in [0.25, 0.3) is 0 Å². The summed E-state index contributed by atoms with van der Waals surface area (Å²) in [5.41, 5.74) is 1.87. The summed E-state index contributed by atoms with van der Waals surface area (Å²) in [6, 6.07) is 17.6. The fourth-order valence-corrected chi connectivity index (χ4v) is 4.68. The first-order chi connectivity index (χ1) is 15.7. The van der Waals surface area contributed by atoms with E-state index in [-0.39, 0.29) is 12.5 Å². The number of halogens is 1. The second-order valence-corrected chi connectivity index (χ2v) is 9.91. The van der Waals surface area contributed by atoms with Crippen LogP contribution in [0.5, 0.6) is 5.75 Å². The van der Waals surface area contributed by atoms with Crippen molar-refractivity contribution >= 4 is 39.1 Å². The van der Waals surface area contributed by atoms with Crippen molar-refractivity contribution in [2.75, 3.05) is 28.7 Å². The number of amides is 1. The zero-order valence-electron chi connectivity index (χ0n) is 18.5. The van der Waals surface area contributed by atoms with Gasteiger partial charge in [-0.1, -0.05) is 12.1 Å². The lowest BCUT2D eigenvalue weighted by Gasteiger charge is -2.24. The quantitative estimate of drug-likeness (QED) is 0.421. The Morgan fingerprint density at radius 3 is 2.42 bits per heavy atom. The van der Waals surface area contributed by atoms with Gasteiger partial charge in [0.05, 0.1) is 30.8 Å². The summed E-state index contributed by atoms with van der Waals surface area (Å²) in [6.45, 7) is 2.11.